The maximum absolute atomic E-state index is 12.8. The number of methoxy groups -OCH3 is 2. The van der Waals surface area contributed by atoms with Crippen LogP contribution in [0.4, 0.5) is 5.69 Å². The number of carbonyl (C=O) groups excluding carboxylic acids is 2. The molecule has 1 heterocycles. The SMILES string of the molecule is COc1ccccc1NC(=O)c1ccc(OC2=COC3CC(OC)CCC3C2=O)cc1. The van der Waals surface area contributed by atoms with Gasteiger partial charge in [0.2, 0.25) is 11.5 Å². The van der Waals surface area contributed by atoms with Crippen molar-refractivity contribution in [1.29, 1.82) is 0 Å². The van der Waals surface area contributed by atoms with Gasteiger partial charge in [0.05, 0.1) is 24.8 Å². The number of hydrogen-bond acceptors (Lipinski definition) is 6. The van der Waals surface area contributed by atoms with Crippen molar-refractivity contribution >= 4 is 17.4 Å². The summed E-state index contributed by atoms with van der Waals surface area (Å²) in [5.41, 5.74) is 1.04. The van der Waals surface area contributed by atoms with Crippen LogP contribution in [0.5, 0.6) is 11.5 Å². The number of ether oxygens (including phenoxy) is 4. The van der Waals surface area contributed by atoms with Crippen molar-refractivity contribution < 1.29 is 28.5 Å². The van der Waals surface area contributed by atoms with E-state index in [1.54, 1.807) is 50.6 Å². The fourth-order valence-electron chi connectivity index (χ4n) is 3.97. The number of carbonyl (C=O) groups is 2. The summed E-state index contributed by atoms with van der Waals surface area (Å²) in [4.78, 5) is 25.3. The van der Waals surface area contributed by atoms with E-state index in [0.717, 1.165) is 6.42 Å². The highest BCUT2D eigenvalue weighted by atomic mass is 16.5. The Balaban J connectivity index is 1.40. The number of anilines is 1. The van der Waals surface area contributed by atoms with Crippen molar-refractivity contribution in [3.63, 3.8) is 0 Å². The molecule has 2 aliphatic rings. The molecule has 0 radical (unpaired) electrons. The van der Waals surface area contributed by atoms with Crippen LogP contribution in [0, 0.1) is 5.92 Å². The Morgan fingerprint density at radius 1 is 1.06 bits per heavy atom. The maximum Gasteiger partial charge on any atom is 0.255 e. The molecule has 162 valence electrons. The number of para-hydroxylation sites is 2. The van der Waals surface area contributed by atoms with Gasteiger partial charge in [-0.05, 0) is 49.2 Å². The summed E-state index contributed by atoms with van der Waals surface area (Å²) in [6.07, 6.45) is 3.59. The molecule has 1 aliphatic heterocycles. The number of Topliss-reactive ketones (excluding diaryl/α,β-unsaturated/α-hetero) is 1. The lowest BCUT2D eigenvalue weighted by molar-refractivity contribution is -0.133. The van der Waals surface area contributed by atoms with Crippen molar-refractivity contribution in [2.75, 3.05) is 19.5 Å². The smallest absolute Gasteiger partial charge is 0.255 e. The zero-order valence-electron chi connectivity index (χ0n) is 17.5. The lowest BCUT2D eigenvalue weighted by Crippen LogP contribution is -2.42. The van der Waals surface area contributed by atoms with E-state index in [1.165, 1.54) is 6.26 Å². The van der Waals surface area contributed by atoms with Crippen LogP contribution in [-0.4, -0.2) is 38.1 Å². The number of ketones is 1. The van der Waals surface area contributed by atoms with Crippen molar-refractivity contribution in [2.24, 2.45) is 5.92 Å². The standard InChI is InChI=1S/C24H25NO6/c1-28-17-11-12-18-21(13-17)30-14-22(23(18)26)31-16-9-7-15(8-10-16)24(27)25-19-5-3-4-6-20(19)29-2/h3-10,14,17-18,21H,11-13H2,1-2H3,(H,25,27). The second-order valence-corrected chi connectivity index (χ2v) is 7.58. The van der Waals surface area contributed by atoms with Crippen molar-refractivity contribution in [3.05, 3.63) is 66.1 Å². The van der Waals surface area contributed by atoms with Crippen LogP contribution in [0.3, 0.4) is 0 Å². The molecule has 3 atom stereocenters. The van der Waals surface area contributed by atoms with Gasteiger partial charge in [0.15, 0.2) is 0 Å². The van der Waals surface area contributed by atoms with Crippen LogP contribution in [0.15, 0.2) is 60.6 Å². The van der Waals surface area contributed by atoms with Crippen LogP contribution in [0.25, 0.3) is 0 Å². The van der Waals surface area contributed by atoms with E-state index in [-0.39, 0.29) is 35.6 Å². The summed E-state index contributed by atoms with van der Waals surface area (Å²) in [7, 11) is 3.23. The highest BCUT2D eigenvalue weighted by Crippen LogP contribution is 2.35. The van der Waals surface area contributed by atoms with Gasteiger partial charge >= 0.3 is 0 Å². The predicted molar refractivity (Wildman–Crippen MR) is 114 cm³/mol. The summed E-state index contributed by atoms with van der Waals surface area (Å²) in [5.74, 6) is 0.687. The molecule has 2 aromatic rings. The third kappa shape index (κ3) is 4.56. The molecule has 0 saturated heterocycles. The lowest BCUT2D eigenvalue weighted by Gasteiger charge is -2.36. The Morgan fingerprint density at radius 2 is 1.84 bits per heavy atom. The van der Waals surface area contributed by atoms with E-state index in [0.29, 0.717) is 35.6 Å². The van der Waals surface area contributed by atoms with Crippen molar-refractivity contribution in [3.8, 4) is 11.5 Å². The monoisotopic (exact) mass is 423 g/mol. The summed E-state index contributed by atoms with van der Waals surface area (Å²) in [6, 6.07) is 13.8. The molecule has 0 aromatic heterocycles. The van der Waals surface area contributed by atoms with Gasteiger partial charge in [0.1, 0.15) is 23.9 Å². The molecular weight excluding hydrogens is 398 g/mol. The topological polar surface area (TPSA) is 83.1 Å². The molecule has 1 N–H and O–H groups in total. The molecule has 0 spiro atoms. The van der Waals surface area contributed by atoms with E-state index in [4.69, 9.17) is 18.9 Å². The third-order valence-corrected chi connectivity index (χ3v) is 5.71. The molecule has 0 bridgehead atoms. The zero-order valence-corrected chi connectivity index (χ0v) is 17.5. The predicted octanol–water partition coefficient (Wildman–Crippen LogP) is 3.95. The first kappa shape index (κ1) is 20.9. The second kappa shape index (κ2) is 9.22. The molecule has 31 heavy (non-hydrogen) atoms. The van der Waals surface area contributed by atoms with E-state index in [2.05, 4.69) is 5.32 Å². The van der Waals surface area contributed by atoms with Gasteiger partial charge in [-0.3, -0.25) is 9.59 Å². The Kier molecular flexibility index (Phi) is 6.23. The number of nitrogens with one attached hydrogen (secondary N) is 1. The van der Waals surface area contributed by atoms with Crippen molar-refractivity contribution in [1.82, 2.24) is 0 Å². The minimum Gasteiger partial charge on any atom is -0.495 e. The van der Waals surface area contributed by atoms with Crippen LogP contribution in [-0.2, 0) is 14.3 Å². The molecule has 1 aliphatic carbocycles. The van der Waals surface area contributed by atoms with Gasteiger partial charge in [-0.25, -0.2) is 0 Å². The summed E-state index contributed by atoms with van der Waals surface area (Å²) >= 11 is 0. The maximum atomic E-state index is 12.8. The Labute approximate surface area is 180 Å². The average molecular weight is 423 g/mol. The fourth-order valence-corrected chi connectivity index (χ4v) is 3.97. The van der Waals surface area contributed by atoms with Crippen LogP contribution >= 0.6 is 0 Å². The highest BCUT2D eigenvalue weighted by Gasteiger charge is 2.41. The Hall–Kier alpha value is -3.32. The van der Waals surface area contributed by atoms with E-state index >= 15 is 0 Å². The second-order valence-electron chi connectivity index (χ2n) is 7.58. The number of hydrogen-bond donors (Lipinski definition) is 1. The normalized spacial score (nSPS) is 22.6. The highest BCUT2D eigenvalue weighted by molar-refractivity contribution is 6.05. The van der Waals surface area contributed by atoms with Crippen LogP contribution in [0.2, 0.25) is 0 Å². The summed E-state index contributed by atoms with van der Waals surface area (Å²) in [6.45, 7) is 0. The number of amides is 1. The first-order valence-electron chi connectivity index (χ1n) is 10.2. The third-order valence-electron chi connectivity index (χ3n) is 5.71. The largest absolute Gasteiger partial charge is 0.495 e. The zero-order chi connectivity index (χ0) is 21.8. The number of allylic oxidation sites excluding steroid dienone is 1. The minimum absolute atomic E-state index is 0.0520. The lowest BCUT2D eigenvalue weighted by atomic mass is 9.80. The molecule has 3 unspecified atom stereocenters. The first-order chi connectivity index (χ1) is 15.1. The van der Waals surface area contributed by atoms with Gasteiger partial charge in [0, 0.05) is 19.1 Å². The fraction of sp³-hybridized carbons (Fsp3) is 0.333. The van der Waals surface area contributed by atoms with E-state index < -0.39 is 0 Å². The van der Waals surface area contributed by atoms with Gasteiger partial charge in [-0.15, -0.1) is 0 Å². The Bertz CT molecular complexity index is 984. The molecule has 7 heteroatoms. The Morgan fingerprint density at radius 3 is 2.58 bits per heavy atom. The molecule has 1 fully saturated rings. The van der Waals surface area contributed by atoms with Crippen molar-refractivity contribution in [2.45, 2.75) is 31.5 Å². The number of rotatable bonds is 6. The molecule has 1 saturated carbocycles. The minimum atomic E-state index is -0.273. The molecule has 2 aromatic carbocycles. The number of benzene rings is 2. The molecule has 4 rings (SSSR count). The van der Waals surface area contributed by atoms with Crippen LogP contribution in [0.1, 0.15) is 29.6 Å². The van der Waals surface area contributed by atoms with Gasteiger partial charge in [0.25, 0.3) is 5.91 Å². The first-order valence-corrected chi connectivity index (χ1v) is 10.2. The molecule has 7 nitrogen and oxygen atoms in total. The van der Waals surface area contributed by atoms with Gasteiger partial charge < -0.3 is 24.3 Å². The molecule has 1 amide bonds. The molecular formula is C24H25NO6. The summed E-state index contributed by atoms with van der Waals surface area (Å²) in [5, 5.41) is 2.82. The van der Waals surface area contributed by atoms with E-state index in [1.807, 2.05) is 12.1 Å². The average Bonchev–Trinajstić information content (AvgIpc) is 2.81. The summed E-state index contributed by atoms with van der Waals surface area (Å²) < 4.78 is 22.2. The van der Waals surface area contributed by atoms with Gasteiger partial charge in [-0.1, -0.05) is 12.1 Å². The van der Waals surface area contributed by atoms with Crippen LogP contribution < -0.4 is 14.8 Å². The quantitative estimate of drug-likeness (QED) is 0.758. The number of fused-ring (bicyclic) bond motifs is 1. The van der Waals surface area contributed by atoms with Gasteiger partial charge in [-0.2, -0.15) is 0 Å². The van der Waals surface area contributed by atoms with E-state index in [9.17, 15) is 9.59 Å².